The topological polar surface area (TPSA) is 74.6 Å². The SMILES string of the molecule is CCCCCCCCCC(CCCCCCCCCCO)S(=O)(=O)O. The minimum atomic E-state index is -3.90. The highest BCUT2D eigenvalue weighted by Crippen LogP contribution is 2.19. The van der Waals surface area contributed by atoms with Crippen LogP contribution >= 0.6 is 0 Å². The second kappa shape index (κ2) is 17.3. The van der Waals surface area contributed by atoms with Crippen molar-refractivity contribution in [1.82, 2.24) is 0 Å². The summed E-state index contributed by atoms with van der Waals surface area (Å²) < 4.78 is 32.5. The molecule has 1 atom stereocenters. The quantitative estimate of drug-likeness (QED) is 0.217. The minimum absolute atomic E-state index is 0.287. The molecule has 0 bridgehead atoms. The lowest BCUT2D eigenvalue weighted by Crippen LogP contribution is -2.20. The van der Waals surface area contributed by atoms with Crippen molar-refractivity contribution in [2.75, 3.05) is 6.61 Å². The number of unbranched alkanes of at least 4 members (excludes halogenated alkanes) is 13. The van der Waals surface area contributed by atoms with Crippen LogP contribution in [-0.2, 0) is 10.1 Å². The lowest BCUT2D eigenvalue weighted by atomic mass is 10.0. The first-order chi connectivity index (χ1) is 12.0. The molecule has 152 valence electrons. The van der Waals surface area contributed by atoms with Crippen LogP contribution in [0, 0.1) is 0 Å². The van der Waals surface area contributed by atoms with E-state index < -0.39 is 15.4 Å². The summed E-state index contributed by atoms with van der Waals surface area (Å²) in [5.41, 5.74) is 0. The number of rotatable bonds is 19. The third-order valence-electron chi connectivity index (χ3n) is 4.99. The summed E-state index contributed by atoms with van der Waals surface area (Å²) in [6.07, 6.45) is 18.0. The maximum Gasteiger partial charge on any atom is 0.267 e. The monoisotopic (exact) mass is 378 g/mol. The van der Waals surface area contributed by atoms with Gasteiger partial charge in [0.05, 0.1) is 5.25 Å². The van der Waals surface area contributed by atoms with Crippen molar-refractivity contribution in [3.05, 3.63) is 0 Å². The van der Waals surface area contributed by atoms with Gasteiger partial charge in [0.15, 0.2) is 0 Å². The summed E-state index contributed by atoms with van der Waals surface area (Å²) in [6.45, 7) is 2.49. The first-order valence-corrected chi connectivity index (χ1v) is 12.1. The molecule has 0 heterocycles. The van der Waals surface area contributed by atoms with Crippen LogP contribution in [0.3, 0.4) is 0 Å². The Hall–Kier alpha value is -0.130. The summed E-state index contributed by atoms with van der Waals surface area (Å²) in [4.78, 5) is 0. The molecular formula is C20H42O4S. The molecule has 1 unspecified atom stereocenters. The Morgan fingerprint density at radius 2 is 1.00 bits per heavy atom. The number of aliphatic hydroxyl groups is 1. The lowest BCUT2D eigenvalue weighted by molar-refractivity contribution is 0.282. The third kappa shape index (κ3) is 17.1. The molecule has 0 aromatic carbocycles. The second-order valence-electron chi connectivity index (χ2n) is 7.39. The van der Waals surface area contributed by atoms with Gasteiger partial charge in [0, 0.05) is 6.61 Å². The van der Waals surface area contributed by atoms with E-state index >= 15 is 0 Å². The highest BCUT2D eigenvalue weighted by Gasteiger charge is 2.21. The van der Waals surface area contributed by atoms with Crippen LogP contribution in [0.4, 0.5) is 0 Å². The fourth-order valence-electron chi connectivity index (χ4n) is 3.32. The van der Waals surface area contributed by atoms with Gasteiger partial charge in [-0.1, -0.05) is 96.8 Å². The zero-order valence-corrected chi connectivity index (χ0v) is 17.2. The molecule has 0 fully saturated rings. The highest BCUT2D eigenvalue weighted by molar-refractivity contribution is 7.86. The maximum atomic E-state index is 11.5. The lowest BCUT2D eigenvalue weighted by Gasteiger charge is -2.13. The van der Waals surface area contributed by atoms with Crippen molar-refractivity contribution in [3.63, 3.8) is 0 Å². The average molecular weight is 379 g/mol. The molecule has 2 N–H and O–H groups in total. The summed E-state index contributed by atoms with van der Waals surface area (Å²) in [5, 5.41) is 8.15. The zero-order chi connectivity index (χ0) is 18.8. The first kappa shape index (κ1) is 24.9. The Morgan fingerprint density at radius 3 is 1.36 bits per heavy atom. The molecule has 4 nitrogen and oxygen atoms in total. The van der Waals surface area contributed by atoms with Gasteiger partial charge in [-0.3, -0.25) is 4.55 Å². The van der Waals surface area contributed by atoms with E-state index in [2.05, 4.69) is 6.92 Å². The van der Waals surface area contributed by atoms with E-state index in [0.29, 0.717) is 12.8 Å². The molecule has 0 saturated heterocycles. The van der Waals surface area contributed by atoms with Gasteiger partial charge in [-0.15, -0.1) is 0 Å². The molecule has 0 amide bonds. The average Bonchev–Trinajstić information content (AvgIpc) is 2.56. The predicted molar refractivity (Wildman–Crippen MR) is 107 cm³/mol. The molecule has 0 aliphatic heterocycles. The van der Waals surface area contributed by atoms with Gasteiger partial charge in [-0.2, -0.15) is 8.42 Å². The summed E-state index contributed by atoms with van der Waals surface area (Å²) in [6, 6.07) is 0. The molecule has 5 heteroatoms. The van der Waals surface area contributed by atoms with Crippen molar-refractivity contribution in [3.8, 4) is 0 Å². The molecule has 0 aromatic rings. The fraction of sp³-hybridized carbons (Fsp3) is 1.00. The van der Waals surface area contributed by atoms with E-state index in [9.17, 15) is 13.0 Å². The van der Waals surface area contributed by atoms with Crippen LogP contribution in [-0.4, -0.2) is 29.9 Å². The summed E-state index contributed by atoms with van der Waals surface area (Å²) in [7, 11) is -3.90. The Bertz CT molecular complexity index is 368. The third-order valence-corrected chi connectivity index (χ3v) is 6.30. The van der Waals surface area contributed by atoms with Crippen molar-refractivity contribution >= 4 is 10.1 Å². The van der Waals surface area contributed by atoms with Gasteiger partial charge < -0.3 is 5.11 Å². The van der Waals surface area contributed by atoms with Crippen LogP contribution in [0.25, 0.3) is 0 Å². The van der Waals surface area contributed by atoms with Crippen molar-refractivity contribution in [2.45, 2.75) is 121 Å². The number of hydrogen-bond donors (Lipinski definition) is 2. The van der Waals surface area contributed by atoms with E-state index in [1.54, 1.807) is 0 Å². The molecule has 0 aromatic heterocycles. The highest BCUT2D eigenvalue weighted by atomic mass is 32.2. The Balaban J connectivity index is 3.69. The van der Waals surface area contributed by atoms with Crippen LogP contribution in [0.5, 0.6) is 0 Å². The molecule has 0 radical (unpaired) electrons. The predicted octanol–water partition coefficient (Wildman–Crippen LogP) is 5.89. The van der Waals surface area contributed by atoms with E-state index in [4.69, 9.17) is 5.11 Å². The van der Waals surface area contributed by atoms with Crippen LogP contribution in [0.1, 0.15) is 116 Å². The Kier molecular flexibility index (Phi) is 17.2. The van der Waals surface area contributed by atoms with Gasteiger partial charge in [0.1, 0.15) is 0 Å². The van der Waals surface area contributed by atoms with Gasteiger partial charge >= 0.3 is 0 Å². The van der Waals surface area contributed by atoms with Crippen molar-refractivity contribution in [2.24, 2.45) is 0 Å². The van der Waals surface area contributed by atoms with Gasteiger partial charge in [0.2, 0.25) is 0 Å². The summed E-state index contributed by atoms with van der Waals surface area (Å²) in [5.74, 6) is 0. The van der Waals surface area contributed by atoms with Gasteiger partial charge in [-0.05, 0) is 19.3 Å². The van der Waals surface area contributed by atoms with Crippen molar-refractivity contribution < 1.29 is 18.1 Å². The Labute approximate surface area is 156 Å². The zero-order valence-electron chi connectivity index (χ0n) is 16.4. The Morgan fingerprint density at radius 1 is 0.640 bits per heavy atom. The van der Waals surface area contributed by atoms with E-state index in [0.717, 1.165) is 44.9 Å². The van der Waals surface area contributed by atoms with Crippen LogP contribution in [0.2, 0.25) is 0 Å². The fourth-order valence-corrected chi connectivity index (χ4v) is 4.24. The molecule has 0 spiro atoms. The molecule has 0 aliphatic carbocycles. The number of aliphatic hydroxyl groups excluding tert-OH is 1. The molecule has 0 aliphatic rings. The normalized spacial score (nSPS) is 13.2. The van der Waals surface area contributed by atoms with E-state index in [1.807, 2.05) is 0 Å². The van der Waals surface area contributed by atoms with Gasteiger partial charge in [0.25, 0.3) is 10.1 Å². The second-order valence-corrected chi connectivity index (χ2v) is 9.08. The molecule has 0 saturated carbocycles. The molecule has 25 heavy (non-hydrogen) atoms. The van der Waals surface area contributed by atoms with E-state index in [1.165, 1.54) is 51.4 Å². The van der Waals surface area contributed by atoms with Crippen LogP contribution in [0.15, 0.2) is 0 Å². The molecule has 0 rings (SSSR count). The van der Waals surface area contributed by atoms with E-state index in [-0.39, 0.29) is 6.61 Å². The molecular weight excluding hydrogens is 336 g/mol. The maximum absolute atomic E-state index is 11.5. The van der Waals surface area contributed by atoms with Crippen molar-refractivity contribution in [1.29, 1.82) is 0 Å². The van der Waals surface area contributed by atoms with Crippen LogP contribution < -0.4 is 0 Å². The number of hydrogen-bond acceptors (Lipinski definition) is 3. The standard InChI is InChI=1S/C20H42O4S/c1-2-3-4-5-8-11-14-17-20(25(22,23)24)18-15-12-9-6-7-10-13-16-19-21/h20-21H,2-19H2,1H3,(H,22,23,24). The van der Waals surface area contributed by atoms with Gasteiger partial charge in [-0.25, -0.2) is 0 Å². The summed E-state index contributed by atoms with van der Waals surface area (Å²) >= 11 is 0. The largest absolute Gasteiger partial charge is 0.396 e. The first-order valence-electron chi connectivity index (χ1n) is 10.6. The smallest absolute Gasteiger partial charge is 0.267 e. The minimum Gasteiger partial charge on any atom is -0.396 e.